The lowest BCUT2D eigenvalue weighted by atomic mass is 9.93. The second-order valence-electron chi connectivity index (χ2n) is 6.48. The first-order valence-electron chi connectivity index (χ1n) is 7.13. The maximum Gasteiger partial charge on any atom is 0.280 e. The molecule has 1 aromatic heterocycles. The number of hydrogen-bond donors (Lipinski definition) is 0. The van der Waals surface area contributed by atoms with Gasteiger partial charge in [-0.1, -0.05) is 26.8 Å². The van der Waals surface area contributed by atoms with Crippen molar-refractivity contribution in [3.8, 4) is 0 Å². The number of aromatic nitrogens is 1. The number of thiazole rings is 1. The fraction of sp³-hybridized carbons (Fsp3) is 0.412. The van der Waals surface area contributed by atoms with Crippen LogP contribution in [0.1, 0.15) is 47.3 Å². The van der Waals surface area contributed by atoms with Crippen LogP contribution >= 0.6 is 11.3 Å². The van der Waals surface area contributed by atoms with E-state index >= 15 is 0 Å². The van der Waals surface area contributed by atoms with E-state index in [1.165, 1.54) is 28.3 Å². The number of nitrogens with zero attached hydrogens (tertiary/aromatic N) is 2. The van der Waals surface area contributed by atoms with E-state index in [4.69, 9.17) is 0 Å². The largest absolute Gasteiger partial charge is 0.324 e. The molecule has 1 amide bonds. The van der Waals surface area contributed by atoms with Gasteiger partial charge in [0.1, 0.15) is 5.82 Å². The molecule has 0 aliphatic carbocycles. The molecule has 0 aliphatic heterocycles. The van der Waals surface area contributed by atoms with Gasteiger partial charge < -0.3 is 4.57 Å². The number of halogens is 1. The third-order valence-corrected chi connectivity index (χ3v) is 5.28. The summed E-state index contributed by atoms with van der Waals surface area (Å²) in [6, 6.07) is 4.18. The van der Waals surface area contributed by atoms with Gasteiger partial charge in [-0.3, -0.25) is 4.79 Å². The topological polar surface area (TPSA) is 34.4 Å². The first-order valence-corrected chi connectivity index (χ1v) is 7.95. The van der Waals surface area contributed by atoms with E-state index in [-0.39, 0.29) is 5.41 Å². The molecule has 0 unspecified atom stereocenters. The van der Waals surface area contributed by atoms with Crippen LogP contribution in [0.4, 0.5) is 4.39 Å². The molecule has 0 atom stereocenters. The van der Waals surface area contributed by atoms with Crippen LogP contribution in [0.5, 0.6) is 0 Å². The highest BCUT2D eigenvalue weighted by Crippen LogP contribution is 2.27. The SMILES string of the molecule is Cc1ccc(F)cc1C(=O)/N=c1\sc(C(C)(C)C)c(C)n1C. The van der Waals surface area contributed by atoms with Gasteiger partial charge in [0.15, 0.2) is 4.80 Å². The number of amides is 1. The van der Waals surface area contributed by atoms with Crippen molar-refractivity contribution >= 4 is 17.2 Å². The summed E-state index contributed by atoms with van der Waals surface area (Å²) >= 11 is 1.51. The van der Waals surface area contributed by atoms with Gasteiger partial charge in [0.05, 0.1) is 0 Å². The van der Waals surface area contributed by atoms with Crippen LogP contribution < -0.4 is 4.80 Å². The van der Waals surface area contributed by atoms with Gasteiger partial charge >= 0.3 is 0 Å². The van der Waals surface area contributed by atoms with Crippen molar-refractivity contribution < 1.29 is 9.18 Å². The lowest BCUT2D eigenvalue weighted by molar-refractivity contribution is 0.0997. The van der Waals surface area contributed by atoms with Gasteiger partial charge in [0.25, 0.3) is 5.91 Å². The molecule has 3 nitrogen and oxygen atoms in total. The first-order chi connectivity index (χ1) is 10.1. The predicted octanol–water partition coefficient (Wildman–Crippen LogP) is 3.88. The molecular formula is C17H21FN2OS. The zero-order valence-corrected chi connectivity index (χ0v) is 14.6. The molecule has 0 saturated heterocycles. The Hall–Kier alpha value is -1.75. The molecular weight excluding hydrogens is 299 g/mol. The zero-order valence-electron chi connectivity index (χ0n) is 13.8. The fourth-order valence-corrected chi connectivity index (χ4v) is 3.47. The normalized spacial score (nSPS) is 12.8. The van der Waals surface area contributed by atoms with E-state index < -0.39 is 11.7 Å². The van der Waals surface area contributed by atoms with Gasteiger partial charge in [-0.25, -0.2) is 4.39 Å². The van der Waals surface area contributed by atoms with Crippen molar-refractivity contribution in [2.24, 2.45) is 12.0 Å². The summed E-state index contributed by atoms with van der Waals surface area (Å²) in [4.78, 5) is 18.4. The molecule has 0 N–H and O–H groups in total. The van der Waals surface area contributed by atoms with Crippen LogP contribution in [-0.2, 0) is 12.5 Å². The molecule has 2 rings (SSSR count). The Morgan fingerprint density at radius 2 is 1.91 bits per heavy atom. The van der Waals surface area contributed by atoms with Crippen molar-refractivity contribution in [1.82, 2.24) is 4.57 Å². The minimum atomic E-state index is -0.425. The first kappa shape index (κ1) is 16.6. The van der Waals surface area contributed by atoms with Crippen molar-refractivity contribution in [3.63, 3.8) is 0 Å². The van der Waals surface area contributed by atoms with Crippen LogP contribution in [0.15, 0.2) is 23.2 Å². The number of hydrogen-bond acceptors (Lipinski definition) is 2. The van der Waals surface area contributed by atoms with E-state index in [1.54, 1.807) is 13.0 Å². The molecule has 0 radical (unpaired) electrons. The quantitative estimate of drug-likeness (QED) is 0.785. The maximum atomic E-state index is 13.4. The Balaban J connectivity index is 2.54. The standard InChI is InChI=1S/C17H21FN2OS/c1-10-7-8-12(18)9-13(10)15(21)19-16-20(6)11(2)14(22-16)17(3,4)5/h7-9H,1-6H3/b19-16-. The van der Waals surface area contributed by atoms with Crippen molar-refractivity contribution in [1.29, 1.82) is 0 Å². The molecule has 0 spiro atoms. The van der Waals surface area contributed by atoms with Crippen LogP contribution in [0, 0.1) is 19.7 Å². The van der Waals surface area contributed by atoms with E-state index in [9.17, 15) is 9.18 Å². The Morgan fingerprint density at radius 1 is 1.27 bits per heavy atom. The van der Waals surface area contributed by atoms with Gasteiger partial charge in [0, 0.05) is 23.2 Å². The van der Waals surface area contributed by atoms with Gasteiger partial charge in [-0.15, -0.1) is 11.3 Å². The Kier molecular flexibility index (Phi) is 4.38. The fourth-order valence-electron chi connectivity index (χ4n) is 2.29. The monoisotopic (exact) mass is 320 g/mol. The van der Waals surface area contributed by atoms with E-state index in [2.05, 4.69) is 25.8 Å². The molecule has 0 fully saturated rings. The molecule has 2 aromatic rings. The summed E-state index contributed by atoms with van der Waals surface area (Å²) in [6.45, 7) is 10.2. The Bertz CT molecular complexity index is 794. The lowest BCUT2D eigenvalue weighted by Crippen LogP contribution is -2.15. The summed E-state index contributed by atoms with van der Waals surface area (Å²) in [5.41, 5.74) is 2.13. The van der Waals surface area contributed by atoms with Crippen molar-refractivity contribution in [3.05, 3.63) is 50.5 Å². The number of rotatable bonds is 1. The summed E-state index contributed by atoms with van der Waals surface area (Å²) in [5, 5.41) is 0. The number of aryl methyl sites for hydroxylation is 1. The Morgan fingerprint density at radius 3 is 2.45 bits per heavy atom. The van der Waals surface area contributed by atoms with E-state index in [0.717, 1.165) is 11.3 Å². The summed E-state index contributed by atoms with van der Waals surface area (Å²) in [6.07, 6.45) is 0. The van der Waals surface area contributed by atoms with Crippen LogP contribution in [0.3, 0.4) is 0 Å². The second-order valence-corrected chi connectivity index (χ2v) is 7.46. The zero-order chi connectivity index (χ0) is 16.7. The number of benzene rings is 1. The van der Waals surface area contributed by atoms with Crippen LogP contribution in [0.2, 0.25) is 0 Å². The average molecular weight is 320 g/mol. The highest BCUT2D eigenvalue weighted by atomic mass is 32.1. The van der Waals surface area contributed by atoms with Gasteiger partial charge in [-0.05, 0) is 37.0 Å². The van der Waals surface area contributed by atoms with Crippen LogP contribution in [0.25, 0.3) is 0 Å². The molecule has 1 heterocycles. The van der Waals surface area contributed by atoms with Gasteiger partial charge in [-0.2, -0.15) is 4.99 Å². The summed E-state index contributed by atoms with van der Waals surface area (Å²) in [7, 11) is 1.89. The highest BCUT2D eigenvalue weighted by Gasteiger charge is 2.21. The van der Waals surface area contributed by atoms with Crippen molar-refractivity contribution in [2.75, 3.05) is 0 Å². The lowest BCUT2D eigenvalue weighted by Gasteiger charge is -2.17. The molecule has 22 heavy (non-hydrogen) atoms. The third-order valence-electron chi connectivity index (χ3n) is 3.62. The smallest absolute Gasteiger partial charge is 0.280 e. The molecule has 0 aliphatic rings. The number of carbonyl (C=O) groups is 1. The molecule has 118 valence electrons. The average Bonchev–Trinajstić information content (AvgIpc) is 2.69. The third kappa shape index (κ3) is 3.19. The molecule has 5 heteroatoms. The maximum absolute atomic E-state index is 13.4. The predicted molar refractivity (Wildman–Crippen MR) is 87.8 cm³/mol. The summed E-state index contributed by atoms with van der Waals surface area (Å²) < 4.78 is 15.3. The second kappa shape index (κ2) is 5.80. The molecule has 1 aromatic carbocycles. The Labute approximate surface area is 134 Å². The molecule has 0 saturated carbocycles. The van der Waals surface area contributed by atoms with E-state index in [1.807, 2.05) is 18.5 Å². The van der Waals surface area contributed by atoms with E-state index in [0.29, 0.717) is 10.4 Å². The van der Waals surface area contributed by atoms with Gasteiger partial charge in [0.2, 0.25) is 0 Å². The minimum absolute atomic E-state index is 0.00189. The van der Waals surface area contributed by atoms with Crippen LogP contribution in [-0.4, -0.2) is 10.5 Å². The minimum Gasteiger partial charge on any atom is -0.324 e. The highest BCUT2D eigenvalue weighted by molar-refractivity contribution is 7.09. The van der Waals surface area contributed by atoms with Crippen molar-refractivity contribution in [2.45, 2.75) is 40.0 Å². The summed E-state index contributed by atoms with van der Waals surface area (Å²) in [5.74, 6) is -0.833. The number of carbonyl (C=O) groups excluding carboxylic acids is 1. The molecule has 0 bridgehead atoms.